The maximum atomic E-state index is 13.5. The summed E-state index contributed by atoms with van der Waals surface area (Å²) in [6, 6.07) is 6.84. The van der Waals surface area contributed by atoms with Crippen molar-refractivity contribution >= 4 is 17.7 Å². The fourth-order valence-electron chi connectivity index (χ4n) is 2.59. The van der Waals surface area contributed by atoms with E-state index >= 15 is 0 Å². The van der Waals surface area contributed by atoms with Gasteiger partial charge in [0.2, 0.25) is 5.91 Å². The van der Waals surface area contributed by atoms with Crippen LogP contribution in [0.2, 0.25) is 0 Å². The summed E-state index contributed by atoms with van der Waals surface area (Å²) in [6.45, 7) is 5.44. The number of carbonyl (C=O) groups excluding carboxylic acids is 1. The Bertz CT molecular complexity index is 461. The van der Waals surface area contributed by atoms with E-state index in [-0.39, 0.29) is 23.5 Å². The number of likely N-dealkylation sites (tertiary alicyclic amines) is 1. The number of halogens is 1. The van der Waals surface area contributed by atoms with E-state index in [1.807, 2.05) is 0 Å². The average Bonchev–Trinajstić information content (AvgIpc) is 2.49. The molecule has 0 aromatic heterocycles. The van der Waals surface area contributed by atoms with Gasteiger partial charge in [0.25, 0.3) is 0 Å². The van der Waals surface area contributed by atoms with Crippen molar-refractivity contribution in [1.82, 2.24) is 10.2 Å². The predicted octanol–water partition coefficient (Wildman–Crippen LogP) is 2.91. The highest BCUT2D eigenvalue weighted by Crippen LogP contribution is 2.21. The minimum absolute atomic E-state index is 0.00260. The van der Waals surface area contributed by atoms with Gasteiger partial charge in [-0.1, -0.05) is 19.1 Å². The van der Waals surface area contributed by atoms with Crippen LogP contribution in [-0.4, -0.2) is 42.2 Å². The summed E-state index contributed by atoms with van der Waals surface area (Å²) in [5.74, 6) is 0.0104. The van der Waals surface area contributed by atoms with Gasteiger partial charge in [-0.05, 0) is 37.9 Å². The Hall–Kier alpha value is -1.07. The Labute approximate surface area is 130 Å². The Morgan fingerprint density at radius 3 is 2.76 bits per heavy atom. The molecule has 1 aliphatic heterocycles. The summed E-state index contributed by atoms with van der Waals surface area (Å²) in [5, 5.41) is 3.06. The molecule has 1 saturated heterocycles. The first-order chi connectivity index (χ1) is 10.2. The van der Waals surface area contributed by atoms with Crippen molar-refractivity contribution in [3.63, 3.8) is 0 Å². The second-order valence-electron chi connectivity index (χ2n) is 5.40. The molecule has 1 N–H and O–H groups in total. The number of carbonyl (C=O) groups is 1. The number of hydrogen-bond donors (Lipinski definition) is 1. The van der Waals surface area contributed by atoms with Gasteiger partial charge >= 0.3 is 0 Å². The molecule has 0 bridgehead atoms. The van der Waals surface area contributed by atoms with E-state index in [2.05, 4.69) is 17.1 Å². The van der Waals surface area contributed by atoms with Crippen LogP contribution in [0.15, 0.2) is 29.2 Å². The second-order valence-corrected chi connectivity index (χ2v) is 6.42. The lowest BCUT2D eigenvalue weighted by Gasteiger charge is -2.32. The molecule has 1 aliphatic rings. The van der Waals surface area contributed by atoms with Gasteiger partial charge in [-0.3, -0.25) is 4.79 Å². The third-order valence-electron chi connectivity index (χ3n) is 3.69. The first-order valence-corrected chi connectivity index (χ1v) is 8.56. The Morgan fingerprint density at radius 2 is 2.10 bits per heavy atom. The molecular weight excluding hydrogens is 287 g/mol. The van der Waals surface area contributed by atoms with Crippen LogP contribution < -0.4 is 5.32 Å². The zero-order valence-electron chi connectivity index (χ0n) is 12.5. The van der Waals surface area contributed by atoms with Crippen molar-refractivity contribution < 1.29 is 9.18 Å². The highest BCUT2D eigenvalue weighted by molar-refractivity contribution is 8.00. The summed E-state index contributed by atoms with van der Waals surface area (Å²) in [5.41, 5.74) is 0. The second kappa shape index (κ2) is 8.39. The fraction of sp³-hybridized carbons (Fsp3) is 0.562. The molecule has 3 nitrogen and oxygen atoms in total. The van der Waals surface area contributed by atoms with Crippen molar-refractivity contribution in [3.05, 3.63) is 30.1 Å². The molecule has 21 heavy (non-hydrogen) atoms. The Morgan fingerprint density at radius 1 is 1.38 bits per heavy atom. The van der Waals surface area contributed by atoms with Gasteiger partial charge in [-0.15, -0.1) is 11.8 Å². The molecule has 116 valence electrons. The SMILES string of the molecule is CCCN1CCC(NC(=O)CSc2ccccc2F)CC1. The Kier molecular flexibility index (Phi) is 6.51. The number of hydrogen-bond acceptors (Lipinski definition) is 3. The lowest BCUT2D eigenvalue weighted by atomic mass is 10.1. The van der Waals surface area contributed by atoms with Gasteiger partial charge in [-0.2, -0.15) is 0 Å². The molecule has 0 radical (unpaired) electrons. The number of nitrogens with zero attached hydrogens (tertiary/aromatic N) is 1. The summed E-state index contributed by atoms with van der Waals surface area (Å²) < 4.78 is 13.5. The number of nitrogens with one attached hydrogen (secondary N) is 1. The molecule has 5 heteroatoms. The van der Waals surface area contributed by atoms with Crippen LogP contribution in [0, 0.1) is 5.82 Å². The van der Waals surface area contributed by atoms with Gasteiger partial charge in [-0.25, -0.2) is 4.39 Å². The molecule has 2 rings (SSSR count). The van der Waals surface area contributed by atoms with E-state index < -0.39 is 0 Å². The van der Waals surface area contributed by atoms with Crippen molar-refractivity contribution in [2.24, 2.45) is 0 Å². The zero-order valence-corrected chi connectivity index (χ0v) is 13.3. The zero-order chi connectivity index (χ0) is 15.1. The number of amides is 1. The van der Waals surface area contributed by atoms with Gasteiger partial charge in [0.05, 0.1) is 5.75 Å². The number of piperidine rings is 1. The number of thioether (sulfide) groups is 1. The van der Waals surface area contributed by atoms with E-state index in [0.717, 1.165) is 32.5 Å². The van der Waals surface area contributed by atoms with E-state index in [9.17, 15) is 9.18 Å². The average molecular weight is 310 g/mol. The van der Waals surface area contributed by atoms with Crippen LogP contribution >= 0.6 is 11.8 Å². The molecule has 1 aromatic rings. The van der Waals surface area contributed by atoms with Gasteiger partial charge in [0.1, 0.15) is 5.82 Å². The third kappa shape index (κ3) is 5.32. The largest absolute Gasteiger partial charge is 0.353 e. The maximum Gasteiger partial charge on any atom is 0.230 e. The maximum absolute atomic E-state index is 13.5. The summed E-state index contributed by atoms with van der Waals surface area (Å²) in [7, 11) is 0. The summed E-state index contributed by atoms with van der Waals surface area (Å²) in [6.07, 6.45) is 3.20. The smallest absolute Gasteiger partial charge is 0.230 e. The van der Waals surface area contributed by atoms with E-state index in [4.69, 9.17) is 0 Å². The summed E-state index contributed by atoms with van der Waals surface area (Å²) in [4.78, 5) is 14.9. The monoisotopic (exact) mass is 310 g/mol. The highest BCUT2D eigenvalue weighted by Gasteiger charge is 2.20. The molecule has 0 spiro atoms. The number of benzene rings is 1. The third-order valence-corrected chi connectivity index (χ3v) is 4.74. The van der Waals surface area contributed by atoms with Crippen LogP contribution in [-0.2, 0) is 4.79 Å². The van der Waals surface area contributed by atoms with E-state index in [0.29, 0.717) is 4.90 Å². The van der Waals surface area contributed by atoms with E-state index in [1.165, 1.54) is 24.2 Å². The predicted molar refractivity (Wildman–Crippen MR) is 85.0 cm³/mol. The molecule has 0 aliphatic carbocycles. The lowest BCUT2D eigenvalue weighted by Crippen LogP contribution is -2.45. The molecular formula is C16H23FN2OS. The summed E-state index contributed by atoms with van der Waals surface area (Å²) >= 11 is 1.25. The lowest BCUT2D eigenvalue weighted by molar-refractivity contribution is -0.119. The number of rotatable bonds is 6. The van der Waals surface area contributed by atoms with Crippen LogP contribution in [0.3, 0.4) is 0 Å². The van der Waals surface area contributed by atoms with Gasteiger partial charge < -0.3 is 10.2 Å². The van der Waals surface area contributed by atoms with Crippen LogP contribution in [0.1, 0.15) is 26.2 Å². The van der Waals surface area contributed by atoms with Gasteiger partial charge in [0.15, 0.2) is 0 Å². The highest BCUT2D eigenvalue weighted by atomic mass is 32.2. The normalized spacial score (nSPS) is 16.9. The molecule has 1 fully saturated rings. The first-order valence-electron chi connectivity index (χ1n) is 7.58. The molecule has 0 unspecified atom stereocenters. The van der Waals surface area contributed by atoms with Crippen molar-refractivity contribution in [2.45, 2.75) is 37.1 Å². The quantitative estimate of drug-likeness (QED) is 0.820. The van der Waals surface area contributed by atoms with Gasteiger partial charge in [0, 0.05) is 24.0 Å². The minimum atomic E-state index is -0.261. The van der Waals surface area contributed by atoms with Crippen molar-refractivity contribution in [2.75, 3.05) is 25.4 Å². The topological polar surface area (TPSA) is 32.3 Å². The van der Waals surface area contributed by atoms with Crippen LogP contribution in [0.25, 0.3) is 0 Å². The minimum Gasteiger partial charge on any atom is -0.353 e. The fourth-order valence-corrected chi connectivity index (χ4v) is 3.34. The molecule has 1 aromatic carbocycles. The Balaban J connectivity index is 1.70. The standard InChI is InChI=1S/C16H23FN2OS/c1-2-9-19-10-7-13(8-11-19)18-16(20)12-21-15-6-4-3-5-14(15)17/h3-6,13H,2,7-12H2,1H3,(H,18,20). The van der Waals surface area contributed by atoms with Crippen LogP contribution in [0.4, 0.5) is 4.39 Å². The van der Waals surface area contributed by atoms with Crippen LogP contribution in [0.5, 0.6) is 0 Å². The molecule has 1 amide bonds. The van der Waals surface area contributed by atoms with Crippen molar-refractivity contribution in [3.8, 4) is 0 Å². The molecule has 0 atom stereocenters. The first kappa shape index (κ1) is 16.3. The molecule has 0 saturated carbocycles. The van der Waals surface area contributed by atoms with E-state index in [1.54, 1.807) is 18.2 Å². The van der Waals surface area contributed by atoms with Crippen molar-refractivity contribution in [1.29, 1.82) is 0 Å². The molecule has 1 heterocycles.